The quantitative estimate of drug-likeness (QED) is 0.863. The topological polar surface area (TPSA) is 12.0 Å². The summed E-state index contributed by atoms with van der Waals surface area (Å²) in [5.41, 5.74) is 1.51. The highest BCUT2D eigenvalue weighted by Crippen LogP contribution is 2.29. The van der Waals surface area contributed by atoms with Crippen LogP contribution in [0.1, 0.15) is 31.2 Å². The number of hydrogen-bond acceptors (Lipinski definition) is 3. The van der Waals surface area contributed by atoms with Crippen molar-refractivity contribution in [1.82, 2.24) is 5.32 Å². The molecule has 0 radical (unpaired) electrons. The van der Waals surface area contributed by atoms with E-state index in [0.717, 1.165) is 5.25 Å². The molecule has 0 amide bonds. The minimum absolute atomic E-state index is 0.699. The Hall–Kier alpha value is 0.01000. The molecule has 0 aliphatic carbocycles. The highest BCUT2D eigenvalue weighted by Gasteiger charge is 2.22. The Bertz CT molecular complexity index is 278. The number of rotatable bonds is 5. The molecule has 2 heterocycles. The molecule has 1 aromatic rings. The van der Waals surface area contributed by atoms with Crippen molar-refractivity contribution in [3.63, 3.8) is 0 Å². The molecule has 1 fully saturated rings. The molecule has 2 rings (SSSR count). The van der Waals surface area contributed by atoms with E-state index in [1.807, 2.05) is 11.3 Å². The van der Waals surface area contributed by atoms with E-state index >= 15 is 0 Å². The van der Waals surface area contributed by atoms with Gasteiger partial charge in [-0.05, 0) is 60.9 Å². The highest BCUT2D eigenvalue weighted by atomic mass is 32.2. The number of aryl methyl sites for hydroxylation is 1. The van der Waals surface area contributed by atoms with E-state index < -0.39 is 0 Å². The van der Waals surface area contributed by atoms with Crippen LogP contribution in [-0.4, -0.2) is 24.1 Å². The Morgan fingerprint density at radius 3 is 3.06 bits per heavy atom. The van der Waals surface area contributed by atoms with Gasteiger partial charge in [-0.2, -0.15) is 23.1 Å². The van der Waals surface area contributed by atoms with Crippen molar-refractivity contribution in [1.29, 1.82) is 0 Å². The van der Waals surface area contributed by atoms with Gasteiger partial charge in [0.15, 0.2) is 0 Å². The Balaban J connectivity index is 1.80. The fourth-order valence-electron chi connectivity index (χ4n) is 2.36. The molecule has 0 saturated carbocycles. The second-order valence-electron chi connectivity index (χ2n) is 4.47. The normalized spacial score (nSPS) is 23.2. The average Bonchev–Trinajstić information content (AvgIpc) is 2.84. The molecule has 1 saturated heterocycles. The molecule has 0 bridgehead atoms. The third-order valence-corrected chi connectivity index (χ3v) is 5.61. The zero-order valence-corrected chi connectivity index (χ0v) is 11.6. The van der Waals surface area contributed by atoms with Crippen molar-refractivity contribution in [3.8, 4) is 0 Å². The summed E-state index contributed by atoms with van der Waals surface area (Å²) >= 11 is 3.98. The van der Waals surface area contributed by atoms with E-state index in [4.69, 9.17) is 0 Å². The van der Waals surface area contributed by atoms with Gasteiger partial charge in [0.1, 0.15) is 0 Å². The molecule has 2 unspecified atom stereocenters. The largest absolute Gasteiger partial charge is 0.316 e. The first kappa shape index (κ1) is 12.5. The summed E-state index contributed by atoms with van der Waals surface area (Å²) in [7, 11) is 2.12. The molecule has 0 spiro atoms. The van der Waals surface area contributed by atoms with Crippen LogP contribution in [0.3, 0.4) is 0 Å². The summed E-state index contributed by atoms with van der Waals surface area (Å²) in [6, 6.07) is 2.95. The summed E-state index contributed by atoms with van der Waals surface area (Å²) in [5, 5.41) is 8.82. The molecule has 16 heavy (non-hydrogen) atoms. The number of thioether (sulfide) groups is 1. The van der Waals surface area contributed by atoms with Crippen LogP contribution in [0.15, 0.2) is 16.8 Å². The molecule has 1 N–H and O–H groups in total. The molecular weight excluding hydrogens is 234 g/mol. The van der Waals surface area contributed by atoms with E-state index in [0.29, 0.717) is 6.04 Å². The number of thiophene rings is 1. The molecule has 3 heteroatoms. The molecule has 90 valence electrons. The van der Waals surface area contributed by atoms with Crippen molar-refractivity contribution in [2.45, 2.75) is 43.4 Å². The Labute approximate surface area is 107 Å². The summed E-state index contributed by atoms with van der Waals surface area (Å²) in [6.07, 6.45) is 6.76. The van der Waals surface area contributed by atoms with Gasteiger partial charge in [0.05, 0.1) is 0 Å². The average molecular weight is 255 g/mol. The van der Waals surface area contributed by atoms with Gasteiger partial charge in [-0.1, -0.05) is 6.42 Å². The second-order valence-corrected chi connectivity index (χ2v) is 6.60. The van der Waals surface area contributed by atoms with Gasteiger partial charge in [0, 0.05) is 11.3 Å². The first-order valence-corrected chi connectivity index (χ1v) is 8.19. The molecule has 1 aliphatic heterocycles. The van der Waals surface area contributed by atoms with Gasteiger partial charge in [-0.25, -0.2) is 0 Å². The Morgan fingerprint density at radius 2 is 2.44 bits per heavy atom. The molecule has 1 aliphatic rings. The van der Waals surface area contributed by atoms with Crippen molar-refractivity contribution in [2.24, 2.45) is 0 Å². The van der Waals surface area contributed by atoms with E-state index in [2.05, 4.69) is 41.0 Å². The fourth-order valence-corrected chi connectivity index (χ4v) is 4.57. The van der Waals surface area contributed by atoms with Crippen LogP contribution in [0, 0.1) is 0 Å². The third-order valence-electron chi connectivity index (χ3n) is 3.36. The van der Waals surface area contributed by atoms with Crippen LogP contribution in [-0.2, 0) is 6.42 Å². The highest BCUT2D eigenvalue weighted by molar-refractivity contribution is 8.00. The Morgan fingerprint density at radius 1 is 1.50 bits per heavy atom. The predicted molar refractivity (Wildman–Crippen MR) is 75.6 cm³/mol. The van der Waals surface area contributed by atoms with Crippen LogP contribution < -0.4 is 5.32 Å². The summed E-state index contributed by atoms with van der Waals surface area (Å²) in [5.74, 6) is 1.36. The van der Waals surface area contributed by atoms with Gasteiger partial charge < -0.3 is 5.32 Å². The second kappa shape index (κ2) is 6.67. The minimum atomic E-state index is 0.699. The maximum absolute atomic E-state index is 3.52. The lowest BCUT2D eigenvalue weighted by molar-refractivity contribution is 0.470. The van der Waals surface area contributed by atoms with Crippen LogP contribution >= 0.6 is 23.1 Å². The van der Waals surface area contributed by atoms with E-state index in [-0.39, 0.29) is 0 Å². The smallest absolute Gasteiger partial charge is 0.0201 e. The molecule has 0 aromatic carbocycles. The van der Waals surface area contributed by atoms with Crippen molar-refractivity contribution in [3.05, 3.63) is 22.4 Å². The summed E-state index contributed by atoms with van der Waals surface area (Å²) in [4.78, 5) is 0. The molecular formula is C13H21NS2. The van der Waals surface area contributed by atoms with Crippen LogP contribution in [0.4, 0.5) is 0 Å². The monoisotopic (exact) mass is 255 g/mol. The predicted octanol–water partition coefficient (Wildman–Crippen LogP) is 3.55. The van der Waals surface area contributed by atoms with Crippen molar-refractivity contribution >= 4 is 23.1 Å². The lowest BCUT2D eigenvalue weighted by Crippen LogP contribution is -2.37. The molecule has 2 atom stereocenters. The van der Waals surface area contributed by atoms with Gasteiger partial charge >= 0.3 is 0 Å². The van der Waals surface area contributed by atoms with Crippen LogP contribution in [0.25, 0.3) is 0 Å². The van der Waals surface area contributed by atoms with Crippen molar-refractivity contribution < 1.29 is 0 Å². The van der Waals surface area contributed by atoms with Crippen molar-refractivity contribution in [2.75, 3.05) is 12.8 Å². The summed E-state index contributed by atoms with van der Waals surface area (Å²) < 4.78 is 0. The van der Waals surface area contributed by atoms with Gasteiger partial charge in [-0.3, -0.25) is 0 Å². The molecule has 1 nitrogen and oxygen atoms in total. The minimum Gasteiger partial charge on any atom is -0.316 e. The van der Waals surface area contributed by atoms with Gasteiger partial charge in [0.2, 0.25) is 0 Å². The standard InChI is InChI=1S/C13H21NS2/c1-14-12(13-4-2-3-8-16-13)6-5-11-7-9-15-10-11/h7,9-10,12-14H,2-6,8H2,1H3. The zero-order chi connectivity index (χ0) is 11.2. The third kappa shape index (κ3) is 3.51. The SMILES string of the molecule is CNC(CCc1ccsc1)C1CCCCS1. The Kier molecular flexibility index (Phi) is 5.20. The maximum Gasteiger partial charge on any atom is 0.0201 e. The fraction of sp³-hybridized carbons (Fsp3) is 0.692. The number of hydrogen-bond donors (Lipinski definition) is 1. The van der Waals surface area contributed by atoms with E-state index in [1.165, 1.54) is 43.4 Å². The first-order valence-electron chi connectivity index (χ1n) is 6.20. The van der Waals surface area contributed by atoms with Gasteiger partial charge in [-0.15, -0.1) is 0 Å². The van der Waals surface area contributed by atoms with E-state index in [9.17, 15) is 0 Å². The maximum atomic E-state index is 3.52. The molecule has 1 aromatic heterocycles. The van der Waals surface area contributed by atoms with Crippen LogP contribution in [0.5, 0.6) is 0 Å². The zero-order valence-electron chi connectivity index (χ0n) is 9.95. The van der Waals surface area contributed by atoms with Gasteiger partial charge in [0.25, 0.3) is 0 Å². The first-order chi connectivity index (χ1) is 7.90. The van der Waals surface area contributed by atoms with E-state index in [1.54, 1.807) is 0 Å². The lowest BCUT2D eigenvalue weighted by atomic mass is 10.0. The number of nitrogens with one attached hydrogen (secondary N) is 1. The lowest BCUT2D eigenvalue weighted by Gasteiger charge is -2.29. The summed E-state index contributed by atoms with van der Waals surface area (Å²) in [6.45, 7) is 0. The van der Waals surface area contributed by atoms with Crippen LogP contribution in [0.2, 0.25) is 0 Å².